The lowest BCUT2D eigenvalue weighted by atomic mass is 10.1. The summed E-state index contributed by atoms with van der Waals surface area (Å²) in [6.45, 7) is 3.55. The molecule has 3 rings (SSSR count). The lowest BCUT2D eigenvalue weighted by molar-refractivity contribution is 0.0770. The van der Waals surface area contributed by atoms with E-state index in [0.29, 0.717) is 5.25 Å². The molecule has 1 aliphatic heterocycles. The van der Waals surface area contributed by atoms with Crippen LogP contribution in [0.1, 0.15) is 32.6 Å². The van der Waals surface area contributed by atoms with Gasteiger partial charge in [0.25, 0.3) is 5.91 Å². The third kappa shape index (κ3) is 3.30. The van der Waals surface area contributed by atoms with E-state index < -0.39 is 0 Å². The molecule has 1 aromatic carbocycles. The quantitative estimate of drug-likeness (QED) is 0.845. The Bertz CT molecular complexity index is 612. The highest BCUT2D eigenvalue weighted by molar-refractivity contribution is 7.99. The Labute approximate surface area is 133 Å². The van der Waals surface area contributed by atoms with Gasteiger partial charge in [-0.2, -0.15) is 11.8 Å². The van der Waals surface area contributed by atoms with Gasteiger partial charge in [-0.15, -0.1) is 11.3 Å². The molecule has 0 saturated carbocycles. The van der Waals surface area contributed by atoms with Gasteiger partial charge in [-0.05, 0) is 18.9 Å². The van der Waals surface area contributed by atoms with Gasteiger partial charge in [0.15, 0.2) is 0 Å². The zero-order chi connectivity index (χ0) is 14.7. The first-order valence-corrected chi connectivity index (χ1v) is 9.04. The molecule has 110 valence electrons. The van der Waals surface area contributed by atoms with Crippen molar-refractivity contribution in [2.75, 3.05) is 18.8 Å². The largest absolute Gasteiger partial charge is 0.337 e. The second kappa shape index (κ2) is 6.62. The molecule has 2 heterocycles. The maximum atomic E-state index is 12.6. The Morgan fingerprint density at radius 1 is 1.29 bits per heavy atom. The summed E-state index contributed by atoms with van der Waals surface area (Å²) in [4.78, 5) is 19.5. The lowest BCUT2D eigenvalue weighted by Crippen LogP contribution is -2.32. The first-order chi connectivity index (χ1) is 10.3. The molecule has 1 amide bonds. The highest BCUT2D eigenvalue weighted by Crippen LogP contribution is 2.34. The van der Waals surface area contributed by atoms with Crippen molar-refractivity contribution in [3.63, 3.8) is 0 Å². The molecule has 0 aliphatic carbocycles. The monoisotopic (exact) mass is 318 g/mol. The van der Waals surface area contributed by atoms with E-state index in [1.54, 1.807) is 5.51 Å². The van der Waals surface area contributed by atoms with Gasteiger partial charge in [0.1, 0.15) is 4.88 Å². The zero-order valence-corrected chi connectivity index (χ0v) is 13.6. The van der Waals surface area contributed by atoms with Crippen molar-refractivity contribution in [2.45, 2.75) is 18.6 Å². The van der Waals surface area contributed by atoms with Crippen LogP contribution in [0.25, 0.3) is 0 Å². The zero-order valence-electron chi connectivity index (χ0n) is 12.0. The average Bonchev–Trinajstić information content (AvgIpc) is 2.80. The van der Waals surface area contributed by atoms with Crippen LogP contribution in [-0.4, -0.2) is 34.6 Å². The molecule has 0 bridgehead atoms. The molecular weight excluding hydrogens is 300 g/mol. The molecule has 2 aromatic rings. The van der Waals surface area contributed by atoms with Crippen LogP contribution < -0.4 is 0 Å². The van der Waals surface area contributed by atoms with Gasteiger partial charge in [-0.25, -0.2) is 4.98 Å². The Morgan fingerprint density at radius 2 is 2.10 bits per heavy atom. The summed E-state index contributed by atoms with van der Waals surface area (Å²) in [6, 6.07) is 10.6. The van der Waals surface area contributed by atoms with Crippen LogP contribution in [0.5, 0.6) is 0 Å². The predicted molar refractivity (Wildman–Crippen MR) is 89.0 cm³/mol. The average molecular weight is 318 g/mol. The predicted octanol–water partition coefficient (Wildman–Crippen LogP) is 3.77. The minimum absolute atomic E-state index is 0.143. The third-order valence-electron chi connectivity index (χ3n) is 3.74. The lowest BCUT2D eigenvalue weighted by Gasteiger charge is -2.19. The minimum Gasteiger partial charge on any atom is -0.337 e. The first kappa shape index (κ1) is 14.6. The molecule has 0 radical (unpaired) electrons. The number of aryl methyl sites for hydroxylation is 1. The van der Waals surface area contributed by atoms with Crippen molar-refractivity contribution >= 4 is 29.0 Å². The molecule has 1 unspecified atom stereocenters. The standard InChI is InChI=1S/C16H18N2OS2/c1-12-15(21-11-17-12)16(19)18-8-7-14(20-10-9-18)13-5-3-2-4-6-13/h2-6,11,14H,7-10H2,1H3. The second-order valence-electron chi connectivity index (χ2n) is 5.12. The number of aromatic nitrogens is 1. The van der Waals surface area contributed by atoms with Crippen LogP contribution in [0.2, 0.25) is 0 Å². The number of carbonyl (C=O) groups is 1. The van der Waals surface area contributed by atoms with Crippen LogP contribution in [0.15, 0.2) is 35.8 Å². The molecule has 3 nitrogen and oxygen atoms in total. The van der Waals surface area contributed by atoms with Crippen molar-refractivity contribution in [3.05, 3.63) is 52.0 Å². The fraction of sp³-hybridized carbons (Fsp3) is 0.375. The van der Waals surface area contributed by atoms with Gasteiger partial charge >= 0.3 is 0 Å². The summed E-state index contributed by atoms with van der Waals surface area (Å²) in [6.07, 6.45) is 1.01. The maximum Gasteiger partial charge on any atom is 0.265 e. The first-order valence-electron chi connectivity index (χ1n) is 7.11. The van der Waals surface area contributed by atoms with Crippen molar-refractivity contribution in [3.8, 4) is 0 Å². The van der Waals surface area contributed by atoms with Crippen molar-refractivity contribution < 1.29 is 4.79 Å². The van der Waals surface area contributed by atoms with Crippen LogP contribution in [0.4, 0.5) is 0 Å². The van der Waals surface area contributed by atoms with E-state index in [1.165, 1.54) is 16.9 Å². The Hall–Kier alpha value is -1.33. The number of hydrogen-bond acceptors (Lipinski definition) is 4. The van der Waals surface area contributed by atoms with Gasteiger partial charge in [-0.3, -0.25) is 4.79 Å². The minimum atomic E-state index is 0.143. The molecule has 1 fully saturated rings. The fourth-order valence-electron chi connectivity index (χ4n) is 2.56. The molecule has 5 heteroatoms. The molecular formula is C16H18N2OS2. The summed E-state index contributed by atoms with van der Waals surface area (Å²) in [7, 11) is 0. The Balaban J connectivity index is 1.69. The van der Waals surface area contributed by atoms with Crippen LogP contribution in [0.3, 0.4) is 0 Å². The van der Waals surface area contributed by atoms with E-state index in [1.807, 2.05) is 29.7 Å². The van der Waals surface area contributed by atoms with E-state index in [4.69, 9.17) is 0 Å². The number of thioether (sulfide) groups is 1. The highest BCUT2D eigenvalue weighted by atomic mass is 32.2. The number of benzene rings is 1. The van der Waals surface area contributed by atoms with Gasteiger partial charge in [-0.1, -0.05) is 30.3 Å². The second-order valence-corrected chi connectivity index (χ2v) is 7.28. The smallest absolute Gasteiger partial charge is 0.265 e. The molecule has 0 N–H and O–H groups in total. The van der Waals surface area contributed by atoms with E-state index in [9.17, 15) is 4.79 Å². The van der Waals surface area contributed by atoms with Crippen LogP contribution in [-0.2, 0) is 0 Å². The van der Waals surface area contributed by atoms with Gasteiger partial charge in [0.2, 0.25) is 0 Å². The molecule has 1 atom stereocenters. The third-order valence-corrected chi connectivity index (χ3v) is 5.98. The van der Waals surface area contributed by atoms with Crippen LogP contribution >= 0.6 is 23.1 Å². The Morgan fingerprint density at radius 3 is 2.81 bits per heavy atom. The summed E-state index contributed by atoms with van der Waals surface area (Å²) in [5, 5.41) is 0.492. The van der Waals surface area contributed by atoms with E-state index in [0.717, 1.165) is 35.8 Å². The normalized spacial score (nSPS) is 19.3. The van der Waals surface area contributed by atoms with E-state index in [-0.39, 0.29) is 5.91 Å². The van der Waals surface area contributed by atoms with Crippen molar-refractivity contribution in [1.82, 2.24) is 9.88 Å². The number of rotatable bonds is 2. The summed E-state index contributed by atoms with van der Waals surface area (Å²) in [5.74, 6) is 1.13. The number of nitrogens with zero attached hydrogens (tertiary/aromatic N) is 2. The van der Waals surface area contributed by atoms with E-state index in [2.05, 4.69) is 29.2 Å². The van der Waals surface area contributed by atoms with Gasteiger partial charge in [0, 0.05) is 24.1 Å². The SMILES string of the molecule is Cc1ncsc1C(=O)N1CCSC(c2ccccc2)CC1. The Kier molecular flexibility index (Phi) is 4.60. The molecule has 21 heavy (non-hydrogen) atoms. The van der Waals surface area contributed by atoms with Gasteiger partial charge < -0.3 is 4.90 Å². The molecule has 0 spiro atoms. The molecule has 1 aromatic heterocycles. The molecule has 1 aliphatic rings. The number of hydrogen-bond donors (Lipinski definition) is 0. The highest BCUT2D eigenvalue weighted by Gasteiger charge is 2.24. The van der Waals surface area contributed by atoms with Crippen LogP contribution in [0, 0.1) is 6.92 Å². The van der Waals surface area contributed by atoms with Gasteiger partial charge in [0.05, 0.1) is 11.2 Å². The summed E-state index contributed by atoms with van der Waals surface area (Å²) in [5.41, 5.74) is 3.97. The summed E-state index contributed by atoms with van der Waals surface area (Å²) < 4.78 is 0. The van der Waals surface area contributed by atoms with E-state index >= 15 is 0 Å². The molecule has 1 saturated heterocycles. The number of thiazole rings is 1. The maximum absolute atomic E-state index is 12.6. The number of amides is 1. The summed E-state index contributed by atoms with van der Waals surface area (Å²) >= 11 is 3.40. The fourth-order valence-corrected chi connectivity index (χ4v) is 4.56. The van der Waals surface area contributed by atoms with Crippen molar-refractivity contribution in [2.24, 2.45) is 0 Å². The van der Waals surface area contributed by atoms with Crippen molar-refractivity contribution in [1.29, 1.82) is 0 Å². The topological polar surface area (TPSA) is 33.2 Å². The number of carbonyl (C=O) groups excluding carboxylic acids is 1.